The minimum atomic E-state index is 0.299. The molecule has 2 aromatic heterocycles. The van der Waals surface area contributed by atoms with Crippen LogP contribution in [0, 0.1) is 0 Å². The molecule has 4 heteroatoms. The third-order valence-corrected chi connectivity index (χ3v) is 14.2. The summed E-state index contributed by atoms with van der Waals surface area (Å²) in [6.45, 7) is 0. The van der Waals surface area contributed by atoms with Crippen LogP contribution in [-0.2, 0) is 0 Å². The molecule has 2 heterocycles. The Hall–Kier alpha value is -8.47. The molecule has 4 nitrogen and oxygen atoms in total. The van der Waals surface area contributed by atoms with Crippen LogP contribution in [0.25, 0.3) is 100 Å². The number of rotatable bonds is 7. The number of hydrogen-bond donors (Lipinski definition) is 0. The molecule has 2 unspecified atom stereocenters. The lowest BCUT2D eigenvalue weighted by atomic mass is 9.69. The number of aromatic nitrogens is 4. The topological polar surface area (TPSA) is 43.6 Å². The zero-order chi connectivity index (χ0) is 45.0. The summed E-state index contributed by atoms with van der Waals surface area (Å²) in [5.41, 5.74) is 19.2. The van der Waals surface area contributed by atoms with Gasteiger partial charge in [0.15, 0.2) is 17.5 Å². The molecule has 0 fully saturated rings. The van der Waals surface area contributed by atoms with E-state index >= 15 is 0 Å². The minimum absolute atomic E-state index is 0.299. The number of para-hydroxylation sites is 2. The van der Waals surface area contributed by atoms with Crippen LogP contribution in [0.2, 0.25) is 0 Å². The van der Waals surface area contributed by atoms with Gasteiger partial charge in [0, 0.05) is 45.0 Å². The van der Waals surface area contributed by atoms with Crippen LogP contribution in [0.4, 0.5) is 0 Å². The minimum Gasteiger partial charge on any atom is -0.309 e. The highest BCUT2D eigenvalue weighted by atomic mass is 15.0. The van der Waals surface area contributed by atoms with Gasteiger partial charge in [-0.15, -0.1) is 0 Å². The van der Waals surface area contributed by atoms with Gasteiger partial charge in [-0.3, -0.25) is 0 Å². The van der Waals surface area contributed by atoms with E-state index in [-0.39, 0.29) is 0 Å². The Bertz CT molecular complexity index is 3700. The van der Waals surface area contributed by atoms with E-state index in [4.69, 9.17) is 15.0 Å². The molecule has 8 aromatic carbocycles. The van der Waals surface area contributed by atoms with Crippen molar-refractivity contribution in [2.24, 2.45) is 0 Å². The molecule has 0 bridgehead atoms. The van der Waals surface area contributed by atoms with Crippen molar-refractivity contribution in [2.45, 2.75) is 31.1 Å². The van der Waals surface area contributed by atoms with Gasteiger partial charge in [0.1, 0.15) is 0 Å². The lowest BCUT2D eigenvalue weighted by Gasteiger charge is -2.34. The monoisotopic (exact) mass is 870 g/mol. The van der Waals surface area contributed by atoms with E-state index in [0.717, 1.165) is 58.6 Å². The average Bonchev–Trinajstić information content (AvgIpc) is 3.52. The lowest BCUT2D eigenvalue weighted by molar-refractivity contribution is 0.720. The van der Waals surface area contributed by atoms with E-state index in [1.807, 2.05) is 18.2 Å². The van der Waals surface area contributed by atoms with Crippen LogP contribution >= 0.6 is 0 Å². The molecular weight excluding hydrogens is 825 g/mol. The second-order valence-corrected chi connectivity index (χ2v) is 18.1. The fourth-order valence-electron chi connectivity index (χ4n) is 10.9. The SMILES string of the molecule is C1=CCCCC(c2nc(-c3ccccc3)nc(-c3ccc(-c4ccc(-n5c6ccccc6c6cccc(-c7ccccc7-c7ccc8c(c7)C7C=CC=CC7c7ccccc7-8)c65)cc4)cc3)n2)=C1. The van der Waals surface area contributed by atoms with Crippen LogP contribution < -0.4 is 0 Å². The van der Waals surface area contributed by atoms with Gasteiger partial charge in [-0.25, -0.2) is 15.0 Å². The summed E-state index contributed by atoms with van der Waals surface area (Å²) in [6, 6.07) is 68.5. The maximum absolute atomic E-state index is 5.05. The standard InChI is InChI=1S/C64H46N4/c1-2-5-18-44(17-4-1)62-65-63(45-19-6-3-7-20-45)67-64(66-62)46-33-31-42(32-34-46)43-35-38-48(39-36-43)68-60-30-15-14-27-56(60)58-29-16-28-57(61(58)68)50-22-9-8-21-49(50)47-37-40-55-53-25-11-10-23-51(53)52-24-12-13-26-54(52)59(55)41-47/h1,3-4,6-17,19-41,52,54H,2,5,18H2. The summed E-state index contributed by atoms with van der Waals surface area (Å²) in [6.07, 6.45) is 18.8. The molecule has 3 aliphatic carbocycles. The number of benzene rings is 8. The first-order chi connectivity index (χ1) is 33.7. The molecular formula is C64H46N4. The van der Waals surface area contributed by atoms with E-state index in [9.17, 15) is 0 Å². The first-order valence-corrected chi connectivity index (χ1v) is 23.8. The third-order valence-electron chi connectivity index (χ3n) is 14.2. The van der Waals surface area contributed by atoms with Crippen molar-refractivity contribution in [1.82, 2.24) is 19.5 Å². The predicted molar refractivity (Wildman–Crippen MR) is 282 cm³/mol. The van der Waals surface area contributed by atoms with Crippen molar-refractivity contribution < 1.29 is 0 Å². The Morgan fingerprint density at radius 2 is 1.00 bits per heavy atom. The molecule has 322 valence electrons. The second-order valence-electron chi connectivity index (χ2n) is 18.1. The average molecular weight is 871 g/mol. The number of allylic oxidation sites excluding steroid dienone is 8. The molecule has 0 saturated carbocycles. The van der Waals surface area contributed by atoms with Crippen molar-refractivity contribution in [3.8, 4) is 73.0 Å². The Kier molecular flexibility index (Phi) is 9.82. The molecule has 68 heavy (non-hydrogen) atoms. The molecule has 2 atom stereocenters. The molecule has 3 aliphatic rings. The summed E-state index contributed by atoms with van der Waals surface area (Å²) in [4.78, 5) is 15.0. The summed E-state index contributed by atoms with van der Waals surface area (Å²) < 4.78 is 2.46. The van der Waals surface area contributed by atoms with Gasteiger partial charge in [-0.05, 0) is 99.2 Å². The summed E-state index contributed by atoms with van der Waals surface area (Å²) >= 11 is 0. The highest BCUT2D eigenvalue weighted by Gasteiger charge is 2.32. The zero-order valence-corrected chi connectivity index (χ0v) is 37.5. The van der Waals surface area contributed by atoms with Gasteiger partial charge in [0.05, 0.1) is 11.0 Å². The van der Waals surface area contributed by atoms with Gasteiger partial charge in [-0.2, -0.15) is 0 Å². The maximum Gasteiger partial charge on any atom is 0.164 e. The lowest BCUT2D eigenvalue weighted by Crippen LogP contribution is -2.16. The van der Waals surface area contributed by atoms with E-state index < -0.39 is 0 Å². The van der Waals surface area contributed by atoms with Gasteiger partial charge < -0.3 is 4.57 Å². The highest BCUT2D eigenvalue weighted by molar-refractivity contribution is 6.14. The zero-order valence-electron chi connectivity index (χ0n) is 37.5. The molecule has 0 aliphatic heterocycles. The maximum atomic E-state index is 5.05. The fourth-order valence-corrected chi connectivity index (χ4v) is 10.9. The van der Waals surface area contributed by atoms with E-state index in [1.54, 1.807) is 0 Å². The number of nitrogens with zero attached hydrogens (tertiary/aromatic N) is 4. The Labute approximate surface area is 396 Å². The van der Waals surface area contributed by atoms with Crippen molar-refractivity contribution in [1.29, 1.82) is 0 Å². The van der Waals surface area contributed by atoms with Gasteiger partial charge >= 0.3 is 0 Å². The Morgan fingerprint density at radius 3 is 1.81 bits per heavy atom. The second kappa shape index (κ2) is 16.8. The van der Waals surface area contributed by atoms with Crippen LogP contribution in [-0.4, -0.2) is 19.5 Å². The van der Waals surface area contributed by atoms with Crippen LogP contribution in [0.15, 0.2) is 231 Å². The molecule has 0 spiro atoms. The van der Waals surface area contributed by atoms with E-state index in [0.29, 0.717) is 23.5 Å². The molecule has 10 aromatic rings. The summed E-state index contributed by atoms with van der Waals surface area (Å²) in [7, 11) is 0. The normalized spacial score (nSPS) is 16.0. The highest BCUT2D eigenvalue weighted by Crippen LogP contribution is 2.51. The van der Waals surface area contributed by atoms with Gasteiger partial charge in [0.2, 0.25) is 0 Å². The van der Waals surface area contributed by atoms with E-state index in [2.05, 4.69) is 217 Å². The Balaban J connectivity index is 0.875. The smallest absolute Gasteiger partial charge is 0.164 e. The van der Waals surface area contributed by atoms with Gasteiger partial charge in [0.25, 0.3) is 0 Å². The molecule has 0 saturated heterocycles. The molecule has 13 rings (SSSR count). The van der Waals surface area contributed by atoms with Gasteiger partial charge in [-0.1, -0.05) is 206 Å². The van der Waals surface area contributed by atoms with Crippen molar-refractivity contribution in [2.75, 3.05) is 0 Å². The van der Waals surface area contributed by atoms with Crippen LogP contribution in [0.3, 0.4) is 0 Å². The van der Waals surface area contributed by atoms with Crippen molar-refractivity contribution in [3.05, 3.63) is 248 Å². The van der Waals surface area contributed by atoms with E-state index in [1.165, 1.54) is 66.3 Å². The first-order valence-electron chi connectivity index (χ1n) is 23.8. The quantitative estimate of drug-likeness (QED) is 0.160. The Morgan fingerprint density at radius 1 is 0.412 bits per heavy atom. The summed E-state index contributed by atoms with van der Waals surface area (Å²) in [5.74, 6) is 2.75. The van der Waals surface area contributed by atoms with Crippen LogP contribution in [0.1, 0.15) is 48.0 Å². The fraction of sp³-hybridized carbons (Fsp3) is 0.0781. The van der Waals surface area contributed by atoms with Crippen molar-refractivity contribution >= 4 is 27.4 Å². The summed E-state index contributed by atoms with van der Waals surface area (Å²) in [5, 5.41) is 2.47. The first kappa shape index (κ1) is 39.9. The van der Waals surface area contributed by atoms with Crippen LogP contribution in [0.5, 0.6) is 0 Å². The molecule has 0 N–H and O–H groups in total. The number of hydrogen-bond acceptors (Lipinski definition) is 3. The predicted octanol–water partition coefficient (Wildman–Crippen LogP) is 16.4. The third kappa shape index (κ3) is 6.87. The van der Waals surface area contributed by atoms with Crippen molar-refractivity contribution in [3.63, 3.8) is 0 Å². The molecule has 0 amide bonds. The number of fused-ring (bicyclic) bond motifs is 9. The molecule has 0 radical (unpaired) electrons. The largest absolute Gasteiger partial charge is 0.309 e.